The molecule has 5 heteroatoms. The monoisotopic (exact) mass is 279 g/mol. The number of ether oxygens (including phenoxy) is 1. The number of carbonyl (C=O) groups excluding carboxylic acids is 1. The number of rotatable bonds is 3. The summed E-state index contributed by atoms with van der Waals surface area (Å²) in [4.78, 5) is 13.0. The summed E-state index contributed by atoms with van der Waals surface area (Å²) in [5.74, 6) is -0.383. The molecule has 0 fully saturated rings. The lowest BCUT2D eigenvalue weighted by atomic mass is 10.2. The normalized spacial score (nSPS) is 11.1. The van der Waals surface area contributed by atoms with E-state index >= 15 is 0 Å². The number of methoxy groups -OCH3 is 1. The topological polar surface area (TPSA) is 57.0 Å². The third-order valence-electron chi connectivity index (χ3n) is 3.02. The van der Waals surface area contributed by atoms with Crippen LogP contribution in [-0.4, -0.2) is 28.1 Å². The van der Waals surface area contributed by atoms with Gasteiger partial charge in [-0.3, -0.25) is 0 Å². The minimum atomic E-state index is -0.383. The predicted molar refractivity (Wildman–Crippen MR) is 80.5 cm³/mol. The molecule has 0 amide bonds. The average molecular weight is 279 g/mol. The maximum Gasteiger partial charge on any atom is 0.337 e. The Kier molecular flexibility index (Phi) is 3.47. The zero-order valence-electron chi connectivity index (χ0n) is 11.4. The van der Waals surface area contributed by atoms with Gasteiger partial charge in [-0.05, 0) is 29.8 Å². The van der Waals surface area contributed by atoms with Crippen molar-refractivity contribution in [1.29, 1.82) is 0 Å². The fourth-order valence-corrected chi connectivity index (χ4v) is 1.96. The summed E-state index contributed by atoms with van der Waals surface area (Å²) in [5, 5.41) is 8.64. The van der Waals surface area contributed by atoms with Crippen molar-refractivity contribution in [3.05, 3.63) is 59.7 Å². The van der Waals surface area contributed by atoms with Crippen LogP contribution in [0.5, 0.6) is 0 Å². The fourth-order valence-electron chi connectivity index (χ4n) is 1.96. The highest BCUT2D eigenvalue weighted by Gasteiger charge is 2.08. The molecule has 0 unspecified atom stereocenters. The van der Waals surface area contributed by atoms with Crippen molar-refractivity contribution in [2.24, 2.45) is 0 Å². The van der Waals surface area contributed by atoms with Gasteiger partial charge in [-0.2, -0.15) is 4.80 Å². The molecule has 1 heterocycles. The Morgan fingerprint density at radius 3 is 2.62 bits per heavy atom. The summed E-state index contributed by atoms with van der Waals surface area (Å²) < 4.78 is 4.69. The second-order valence-corrected chi connectivity index (χ2v) is 4.44. The van der Waals surface area contributed by atoms with Crippen LogP contribution >= 0.6 is 0 Å². The van der Waals surface area contributed by atoms with Crippen LogP contribution in [0.15, 0.2) is 48.5 Å². The van der Waals surface area contributed by atoms with Crippen molar-refractivity contribution >= 4 is 29.3 Å². The Labute approximate surface area is 121 Å². The predicted octanol–water partition coefficient (Wildman–Crippen LogP) is 2.85. The fraction of sp³-hybridized carbons (Fsp3) is 0.0625. The number of carbonyl (C=O) groups is 1. The van der Waals surface area contributed by atoms with Gasteiger partial charge in [-0.15, -0.1) is 10.2 Å². The third-order valence-corrected chi connectivity index (χ3v) is 3.02. The first kappa shape index (κ1) is 13.1. The molecule has 0 N–H and O–H groups in total. The van der Waals surface area contributed by atoms with Crippen LogP contribution in [0, 0.1) is 0 Å². The van der Waals surface area contributed by atoms with Gasteiger partial charge in [0.15, 0.2) is 0 Å². The quantitative estimate of drug-likeness (QED) is 0.692. The van der Waals surface area contributed by atoms with Crippen LogP contribution in [0.4, 0.5) is 0 Å². The Hall–Kier alpha value is -2.95. The van der Waals surface area contributed by atoms with Crippen molar-refractivity contribution in [2.45, 2.75) is 0 Å². The maximum atomic E-state index is 11.5. The third kappa shape index (κ3) is 2.81. The van der Waals surface area contributed by atoms with E-state index in [1.54, 1.807) is 24.4 Å². The second-order valence-electron chi connectivity index (χ2n) is 4.44. The summed E-state index contributed by atoms with van der Waals surface area (Å²) in [6.45, 7) is 0. The van der Waals surface area contributed by atoms with Crippen molar-refractivity contribution in [2.75, 3.05) is 7.11 Å². The SMILES string of the molecule is COC(=O)c1ccc2nn(/C=C/c3ccccc3)nc2c1. The molecule has 0 aliphatic rings. The van der Waals surface area contributed by atoms with Gasteiger partial charge in [-0.25, -0.2) is 4.79 Å². The van der Waals surface area contributed by atoms with Crippen LogP contribution in [-0.2, 0) is 4.74 Å². The van der Waals surface area contributed by atoms with Crippen molar-refractivity contribution < 1.29 is 9.53 Å². The number of benzene rings is 2. The standard InChI is InChI=1S/C16H13N3O2/c1-21-16(20)13-7-8-14-15(11-13)18-19(17-14)10-9-12-5-3-2-4-6-12/h2-11H,1H3/b10-9+. The molecular weight excluding hydrogens is 266 g/mol. The first-order chi connectivity index (χ1) is 10.3. The molecule has 0 saturated carbocycles. The van der Waals surface area contributed by atoms with E-state index in [-0.39, 0.29) is 5.97 Å². The molecule has 104 valence electrons. The molecule has 21 heavy (non-hydrogen) atoms. The number of esters is 1. The molecule has 1 aromatic heterocycles. The summed E-state index contributed by atoms with van der Waals surface area (Å²) in [6.07, 6.45) is 3.69. The Bertz CT molecular complexity index is 807. The highest BCUT2D eigenvalue weighted by Crippen LogP contribution is 2.13. The number of hydrogen-bond acceptors (Lipinski definition) is 4. The van der Waals surface area contributed by atoms with E-state index in [0.29, 0.717) is 11.1 Å². The summed E-state index contributed by atoms with van der Waals surface area (Å²) in [5.41, 5.74) is 2.90. The number of aromatic nitrogens is 3. The lowest BCUT2D eigenvalue weighted by Gasteiger charge is -1.96. The van der Waals surface area contributed by atoms with E-state index in [1.807, 2.05) is 36.4 Å². The smallest absolute Gasteiger partial charge is 0.337 e. The van der Waals surface area contributed by atoms with Gasteiger partial charge in [0, 0.05) is 0 Å². The maximum absolute atomic E-state index is 11.5. The molecule has 5 nitrogen and oxygen atoms in total. The Morgan fingerprint density at radius 1 is 1.10 bits per heavy atom. The summed E-state index contributed by atoms with van der Waals surface area (Å²) >= 11 is 0. The first-order valence-corrected chi connectivity index (χ1v) is 6.44. The zero-order chi connectivity index (χ0) is 14.7. The number of fused-ring (bicyclic) bond motifs is 1. The minimum absolute atomic E-state index is 0.383. The lowest BCUT2D eigenvalue weighted by molar-refractivity contribution is 0.0601. The average Bonchev–Trinajstić information content (AvgIpc) is 2.95. The van der Waals surface area contributed by atoms with Gasteiger partial charge in [0.1, 0.15) is 11.0 Å². The Morgan fingerprint density at radius 2 is 1.86 bits per heavy atom. The number of nitrogens with zero attached hydrogens (tertiary/aromatic N) is 3. The van der Waals surface area contributed by atoms with Crippen LogP contribution in [0.2, 0.25) is 0 Å². The van der Waals surface area contributed by atoms with Gasteiger partial charge < -0.3 is 4.74 Å². The van der Waals surface area contributed by atoms with E-state index < -0.39 is 0 Å². The van der Waals surface area contributed by atoms with Gasteiger partial charge in [-0.1, -0.05) is 30.3 Å². The molecule has 0 saturated heterocycles. The molecule has 0 aliphatic carbocycles. The molecule has 0 atom stereocenters. The van der Waals surface area contributed by atoms with Crippen molar-refractivity contribution in [3.8, 4) is 0 Å². The highest BCUT2D eigenvalue weighted by atomic mass is 16.5. The molecule has 0 aliphatic heterocycles. The van der Waals surface area contributed by atoms with Crippen LogP contribution < -0.4 is 0 Å². The van der Waals surface area contributed by atoms with Gasteiger partial charge >= 0.3 is 5.97 Å². The summed E-state index contributed by atoms with van der Waals surface area (Å²) in [6, 6.07) is 15.0. The van der Waals surface area contributed by atoms with Crippen molar-refractivity contribution in [3.63, 3.8) is 0 Å². The second kappa shape index (κ2) is 5.58. The molecule has 3 aromatic rings. The van der Waals surface area contributed by atoms with Crippen LogP contribution in [0.25, 0.3) is 23.3 Å². The van der Waals surface area contributed by atoms with Gasteiger partial charge in [0.05, 0.1) is 18.9 Å². The highest BCUT2D eigenvalue weighted by molar-refractivity contribution is 5.93. The summed E-state index contributed by atoms with van der Waals surface area (Å²) in [7, 11) is 1.35. The van der Waals surface area contributed by atoms with Gasteiger partial charge in [0.25, 0.3) is 0 Å². The van der Waals surface area contributed by atoms with Crippen molar-refractivity contribution in [1.82, 2.24) is 15.0 Å². The molecule has 0 bridgehead atoms. The minimum Gasteiger partial charge on any atom is -0.465 e. The largest absolute Gasteiger partial charge is 0.465 e. The molecule has 3 rings (SSSR count). The number of hydrogen-bond donors (Lipinski definition) is 0. The zero-order valence-corrected chi connectivity index (χ0v) is 11.4. The molecule has 2 aromatic carbocycles. The van der Waals surface area contributed by atoms with E-state index in [4.69, 9.17) is 0 Å². The first-order valence-electron chi connectivity index (χ1n) is 6.44. The Balaban J connectivity index is 1.91. The molecule has 0 radical (unpaired) electrons. The lowest BCUT2D eigenvalue weighted by Crippen LogP contribution is -2.00. The van der Waals surface area contributed by atoms with E-state index in [2.05, 4.69) is 14.9 Å². The van der Waals surface area contributed by atoms with E-state index in [1.165, 1.54) is 11.9 Å². The molecular formula is C16H13N3O2. The van der Waals surface area contributed by atoms with E-state index in [9.17, 15) is 4.79 Å². The molecule has 0 spiro atoms. The van der Waals surface area contributed by atoms with Crippen LogP contribution in [0.1, 0.15) is 15.9 Å². The van der Waals surface area contributed by atoms with E-state index in [0.717, 1.165) is 11.1 Å². The van der Waals surface area contributed by atoms with Gasteiger partial charge in [0.2, 0.25) is 0 Å². The van der Waals surface area contributed by atoms with Crippen LogP contribution in [0.3, 0.4) is 0 Å².